The maximum absolute atomic E-state index is 6.77. The molecule has 4 nitrogen and oxygen atoms in total. The fourth-order valence-electron chi connectivity index (χ4n) is 11.2. The molecule has 4 heteroatoms. The summed E-state index contributed by atoms with van der Waals surface area (Å²) in [4.78, 5) is 4.77. The fourth-order valence-corrected chi connectivity index (χ4v) is 11.2. The van der Waals surface area contributed by atoms with E-state index in [1.165, 1.54) is 43.1 Å². The largest absolute Gasteiger partial charge is 0.456 e. The first-order chi connectivity index (χ1) is 34.6. The highest BCUT2D eigenvalue weighted by Crippen LogP contribution is 2.46. The van der Waals surface area contributed by atoms with Crippen LogP contribution in [0.25, 0.3) is 109 Å². The van der Waals surface area contributed by atoms with E-state index in [4.69, 9.17) is 8.83 Å². The lowest BCUT2D eigenvalue weighted by molar-refractivity contribution is 0.663. The van der Waals surface area contributed by atoms with Crippen LogP contribution in [0.3, 0.4) is 0 Å². The number of furan rings is 2. The number of hydrogen-bond acceptors (Lipinski definition) is 4. The molecule has 326 valence electrons. The molecule has 13 aromatic carbocycles. The number of fused-ring (bicyclic) bond motifs is 13. The molecule has 0 N–H and O–H groups in total. The lowest BCUT2D eigenvalue weighted by Crippen LogP contribution is -2.10. The van der Waals surface area contributed by atoms with Crippen LogP contribution >= 0.6 is 0 Å². The van der Waals surface area contributed by atoms with Gasteiger partial charge in [0.2, 0.25) is 0 Å². The van der Waals surface area contributed by atoms with E-state index in [-0.39, 0.29) is 0 Å². The van der Waals surface area contributed by atoms with E-state index in [0.29, 0.717) is 0 Å². The third kappa shape index (κ3) is 6.03. The van der Waals surface area contributed by atoms with Gasteiger partial charge in [-0.05, 0) is 151 Å². The Morgan fingerprint density at radius 3 is 1.00 bits per heavy atom. The van der Waals surface area contributed by atoms with Gasteiger partial charge in [0.05, 0.1) is 11.4 Å². The van der Waals surface area contributed by atoms with Crippen LogP contribution in [-0.4, -0.2) is 0 Å². The minimum atomic E-state index is 0.839. The zero-order valence-electron chi connectivity index (χ0n) is 37.8. The van der Waals surface area contributed by atoms with Crippen molar-refractivity contribution in [3.05, 3.63) is 243 Å². The summed E-state index contributed by atoms with van der Waals surface area (Å²) < 4.78 is 13.5. The number of rotatable bonds is 6. The first-order valence-corrected chi connectivity index (χ1v) is 23.9. The molecular weight excluding hydrogens is 853 g/mol. The van der Waals surface area contributed by atoms with Crippen molar-refractivity contribution in [1.29, 1.82) is 0 Å². The van der Waals surface area contributed by atoms with Crippen molar-refractivity contribution in [1.82, 2.24) is 0 Å². The Kier molecular flexibility index (Phi) is 8.33. The summed E-state index contributed by atoms with van der Waals surface area (Å²) in [5, 5.41) is 18.4. The Morgan fingerprint density at radius 2 is 0.557 bits per heavy atom. The fraction of sp³-hybridized carbons (Fsp3) is 0. The van der Waals surface area contributed by atoms with Gasteiger partial charge in [0.15, 0.2) is 0 Å². The molecule has 0 bridgehead atoms. The Hall–Kier alpha value is -9.38. The predicted molar refractivity (Wildman–Crippen MR) is 295 cm³/mol. The van der Waals surface area contributed by atoms with E-state index < -0.39 is 0 Å². The van der Waals surface area contributed by atoms with Crippen LogP contribution < -0.4 is 9.80 Å². The molecular formula is C66H40N2O2. The predicted octanol–water partition coefficient (Wildman–Crippen LogP) is 19.3. The standard InChI is InChI=1S/C66H40N2O2/c1-3-15-45-33-51(27-23-41(45)11-1)67(59-21-9-17-43-13-5-7-19-55(43)59)53-29-25-47-37-57-63(39-49(47)35-53)69-61-31-32-62-66(65(57)61)58-38-48-26-30-54(36-50(48)40-64(58)70-62)68(52-28-24-42-12-2-4-16-46(42)34-52)60-22-10-18-44-14-6-8-20-56(44)60/h1-40H. The van der Waals surface area contributed by atoms with Crippen molar-refractivity contribution >= 4 is 143 Å². The minimum absolute atomic E-state index is 0.839. The Balaban J connectivity index is 0.872. The van der Waals surface area contributed by atoms with Gasteiger partial charge in [-0.25, -0.2) is 0 Å². The van der Waals surface area contributed by atoms with E-state index in [0.717, 1.165) is 99.5 Å². The number of hydrogen-bond donors (Lipinski definition) is 0. The average Bonchev–Trinajstić information content (AvgIpc) is 3.96. The molecule has 15 rings (SSSR count). The maximum atomic E-state index is 6.77. The highest BCUT2D eigenvalue weighted by atomic mass is 16.3. The first kappa shape index (κ1) is 38.7. The van der Waals surface area contributed by atoms with Crippen molar-refractivity contribution in [2.24, 2.45) is 0 Å². The lowest BCUT2D eigenvalue weighted by atomic mass is 10.00. The van der Waals surface area contributed by atoms with Gasteiger partial charge in [0, 0.05) is 55.1 Å². The molecule has 0 saturated carbocycles. The zero-order valence-corrected chi connectivity index (χ0v) is 37.8. The molecule has 0 radical (unpaired) electrons. The van der Waals surface area contributed by atoms with Gasteiger partial charge in [0.25, 0.3) is 0 Å². The van der Waals surface area contributed by atoms with Crippen molar-refractivity contribution in [3.63, 3.8) is 0 Å². The quantitative estimate of drug-likeness (QED) is 0.166. The molecule has 70 heavy (non-hydrogen) atoms. The molecule has 2 aromatic heterocycles. The first-order valence-electron chi connectivity index (χ1n) is 23.9. The molecule has 0 aliphatic rings. The summed E-state index contributed by atoms with van der Waals surface area (Å²) in [5.74, 6) is 0. The van der Waals surface area contributed by atoms with E-state index in [9.17, 15) is 0 Å². The summed E-state index contributed by atoms with van der Waals surface area (Å²) in [6.45, 7) is 0. The smallest absolute Gasteiger partial charge is 0.136 e. The molecule has 15 aromatic rings. The summed E-state index contributed by atoms with van der Waals surface area (Å²) >= 11 is 0. The molecule has 0 atom stereocenters. The van der Waals surface area contributed by atoms with Gasteiger partial charge in [-0.3, -0.25) is 0 Å². The average molecular weight is 893 g/mol. The monoisotopic (exact) mass is 892 g/mol. The van der Waals surface area contributed by atoms with Gasteiger partial charge in [-0.15, -0.1) is 0 Å². The van der Waals surface area contributed by atoms with E-state index in [1.807, 2.05) is 0 Å². The van der Waals surface area contributed by atoms with Crippen LogP contribution in [0.4, 0.5) is 34.1 Å². The van der Waals surface area contributed by atoms with E-state index >= 15 is 0 Å². The molecule has 0 aliphatic carbocycles. The highest BCUT2D eigenvalue weighted by Gasteiger charge is 2.22. The highest BCUT2D eigenvalue weighted by molar-refractivity contribution is 6.28. The summed E-state index contributed by atoms with van der Waals surface area (Å²) in [6.07, 6.45) is 0. The zero-order chi connectivity index (χ0) is 45.9. The second-order valence-electron chi connectivity index (χ2n) is 18.5. The van der Waals surface area contributed by atoms with Crippen LogP contribution in [0.1, 0.15) is 0 Å². The molecule has 0 amide bonds. The topological polar surface area (TPSA) is 32.8 Å². The van der Waals surface area contributed by atoms with Gasteiger partial charge >= 0.3 is 0 Å². The summed E-state index contributed by atoms with van der Waals surface area (Å²) in [5.41, 5.74) is 9.97. The molecule has 0 spiro atoms. The molecule has 0 saturated heterocycles. The van der Waals surface area contributed by atoms with Crippen LogP contribution in [0.15, 0.2) is 251 Å². The van der Waals surface area contributed by atoms with Crippen molar-refractivity contribution < 1.29 is 8.83 Å². The Bertz CT molecular complexity index is 4330. The third-order valence-corrected chi connectivity index (χ3v) is 14.5. The number of benzene rings is 13. The summed E-state index contributed by atoms with van der Waals surface area (Å²) in [6, 6.07) is 87.7. The van der Waals surface area contributed by atoms with Gasteiger partial charge in [0.1, 0.15) is 22.3 Å². The van der Waals surface area contributed by atoms with Gasteiger partial charge in [-0.2, -0.15) is 0 Å². The SMILES string of the molecule is c1ccc2cc(N(c3ccc4cc5c(cc4c3)oc3ccc4oc6cc7cc(N(c8ccc9ccccc9c8)c8cccc9ccccc89)ccc7cc6c4c35)c3cccc4ccccc34)ccc2c1. The van der Waals surface area contributed by atoms with Crippen LogP contribution in [0.2, 0.25) is 0 Å². The van der Waals surface area contributed by atoms with E-state index in [1.54, 1.807) is 0 Å². The lowest BCUT2D eigenvalue weighted by Gasteiger charge is -2.27. The van der Waals surface area contributed by atoms with Crippen LogP contribution in [0, 0.1) is 0 Å². The molecule has 2 heterocycles. The second-order valence-corrected chi connectivity index (χ2v) is 18.5. The van der Waals surface area contributed by atoms with Crippen molar-refractivity contribution in [3.8, 4) is 0 Å². The van der Waals surface area contributed by atoms with Crippen LogP contribution in [-0.2, 0) is 0 Å². The Labute approximate surface area is 402 Å². The molecule has 0 fully saturated rings. The second kappa shape index (κ2) is 15.1. The van der Waals surface area contributed by atoms with Crippen molar-refractivity contribution in [2.75, 3.05) is 9.80 Å². The number of anilines is 6. The van der Waals surface area contributed by atoms with Gasteiger partial charge in [-0.1, -0.05) is 146 Å². The Morgan fingerprint density at radius 1 is 0.214 bits per heavy atom. The number of nitrogens with zero attached hydrogens (tertiary/aromatic N) is 2. The normalized spacial score (nSPS) is 12.0. The van der Waals surface area contributed by atoms with Crippen LogP contribution in [0.5, 0.6) is 0 Å². The minimum Gasteiger partial charge on any atom is -0.456 e. The van der Waals surface area contributed by atoms with Gasteiger partial charge < -0.3 is 18.6 Å². The van der Waals surface area contributed by atoms with E-state index in [2.05, 4.69) is 252 Å². The molecule has 0 aliphatic heterocycles. The van der Waals surface area contributed by atoms with Crippen molar-refractivity contribution in [2.45, 2.75) is 0 Å². The third-order valence-electron chi connectivity index (χ3n) is 14.5. The maximum Gasteiger partial charge on any atom is 0.136 e. The molecule has 0 unspecified atom stereocenters. The summed E-state index contributed by atoms with van der Waals surface area (Å²) in [7, 11) is 0.